The summed E-state index contributed by atoms with van der Waals surface area (Å²) in [6.07, 6.45) is 3.00. The molecule has 0 amide bonds. The first-order valence-electron chi connectivity index (χ1n) is 8.32. The number of fused-ring (bicyclic) bond motifs is 1. The number of hydrogen-bond acceptors (Lipinski definition) is 1. The van der Waals surface area contributed by atoms with Crippen molar-refractivity contribution in [2.75, 3.05) is 0 Å². The van der Waals surface area contributed by atoms with Gasteiger partial charge in [-0.25, -0.2) is 4.39 Å². The summed E-state index contributed by atoms with van der Waals surface area (Å²) in [6.45, 7) is 12.8. The third kappa shape index (κ3) is 3.16. The van der Waals surface area contributed by atoms with Crippen molar-refractivity contribution in [2.45, 2.75) is 71.6 Å². The standard InChI is InChI=1S/C20H28FN/c1-7-11-20(6,8-2)15-12-14-9-10-18(19(3,4)5)22-17(14)13-16(15)21/h9-10,12-13H,7-8,11H2,1-6H3. The van der Waals surface area contributed by atoms with Crippen LogP contribution in [0.5, 0.6) is 0 Å². The minimum atomic E-state index is -0.121. The molecule has 1 atom stereocenters. The van der Waals surface area contributed by atoms with Gasteiger partial charge in [-0.2, -0.15) is 0 Å². The summed E-state index contributed by atoms with van der Waals surface area (Å²) in [5, 5.41) is 1.03. The van der Waals surface area contributed by atoms with Crippen LogP contribution in [0.2, 0.25) is 0 Å². The highest BCUT2D eigenvalue weighted by Crippen LogP contribution is 2.36. The van der Waals surface area contributed by atoms with E-state index >= 15 is 0 Å². The normalized spacial score (nSPS) is 15.0. The number of nitrogens with zero attached hydrogens (tertiary/aromatic N) is 1. The molecule has 0 N–H and O–H groups in total. The van der Waals surface area contributed by atoms with Gasteiger partial charge >= 0.3 is 0 Å². The third-order valence-electron chi connectivity index (χ3n) is 4.78. The van der Waals surface area contributed by atoms with E-state index in [4.69, 9.17) is 0 Å². The Hall–Kier alpha value is -1.44. The average Bonchev–Trinajstić information content (AvgIpc) is 2.45. The lowest BCUT2D eigenvalue weighted by atomic mass is 9.76. The SMILES string of the molecule is CCCC(C)(CC)c1cc2ccc(C(C)(C)C)nc2cc1F. The molecule has 0 saturated carbocycles. The second kappa shape index (κ2) is 5.98. The fourth-order valence-corrected chi connectivity index (χ4v) is 3.08. The molecule has 0 spiro atoms. The molecule has 22 heavy (non-hydrogen) atoms. The van der Waals surface area contributed by atoms with Crippen LogP contribution in [0, 0.1) is 5.82 Å². The van der Waals surface area contributed by atoms with E-state index in [1.165, 1.54) is 0 Å². The van der Waals surface area contributed by atoms with Crippen LogP contribution in [0.25, 0.3) is 10.9 Å². The van der Waals surface area contributed by atoms with E-state index in [0.717, 1.165) is 41.4 Å². The van der Waals surface area contributed by atoms with Crippen LogP contribution >= 0.6 is 0 Å². The Morgan fingerprint density at radius 3 is 2.27 bits per heavy atom. The van der Waals surface area contributed by atoms with Gasteiger partial charge in [0.2, 0.25) is 0 Å². The summed E-state index contributed by atoms with van der Waals surface area (Å²) in [5.74, 6) is -0.121. The number of aromatic nitrogens is 1. The van der Waals surface area contributed by atoms with E-state index in [9.17, 15) is 4.39 Å². The monoisotopic (exact) mass is 301 g/mol. The first-order chi connectivity index (χ1) is 10.2. The fraction of sp³-hybridized carbons (Fsp3) is 0.550. The maximum atomic E-state index is 14.7. The molecule has 120 valence electrons. The van der Waals surface area contributed by atoms with Crippen molar-refractivity contribution in [3.63, 3.8) is 0 Å². The van der Waals surface area contributed by atoms with Gasteiger partial charge in [0.05, 0.1) is 5.52 Å². The topological polar surface area (TPSA) is 12.9 Å². The minimum Gasteiger partial charge on any atom is -0.252 e. The molecule has 1 nitrogen and oxygen atoms in total. The molecule has 1 unspecified atom stereocenters. The fourth-order valence-electron chi connectivity index (χ4n) is 3.08. The van der Waals surface area contributed by atoms with Gasteiger partial charge in [0.25, 0.3) is 0 Å². The van der Waals surface area contributed by atoms with Crippen LogP contribution in [0.3, 0.4) is 0 Å². The second-order valence-corrected chi connectivity index (χ2v) is 7.64. The molecule has 2 heteroatoms. The molecule has 2 aromatic rings. The zero-order chi connectivity index (χ0) is 16.5. The van der Waals surface area contributed by atoms with Crippen LogP contribution in [0.4, 0.5) is 4.39 Å². The molecule has 0 aliphatic carbocycles. The van der Waals surface area contributed by atoms with E-state index in [-0.39, 0.29) is 16.6 Å². The van der Waals surface area contributed by atoms with Crippen molar-refractivity contribution in [1.29, 1.82) is 0 Å². The smallest absolute Gasteiger partial charge is 0.129 e. The van der Waals surface area contributed by atoms with Crippen LogP contribution < -0.4 is 0 Å². The van der Waals surface area contributed by atoms with Crippen molar-refractivity contribution in [1.82, 2.24) is 4.98 Å². The Morgan fingerprint density at radius 2 is 1.73 bits per heavy atom. The van der Waals surface area contributed by atoms with Crippen molar-refractivity contribution in [3.8, 4) is 0 Å². The first kappa shape index (κ1) is 16.9. The average molecular weight is 301 g/mol. The minimum absolute atomic E-state index is 0.0243. The zero-order valence-electron chi connectivity index (χ0n) is 14.8. The molecule has 1 aromatic heterocycles. The largest absolute Gasteiger partial charge is 0.252 e. The Balaban J connectivity index is 2.59. The number of halogens is 1. The highest BCUT2D eigenvalue weighted by atomic mass is 19.1. The maximum Gasteiger partial charge on any atom is 0.129 e. The molecule has 0 saturated heterocycles. The third-order valence-corrected chi connectivity index (χ3v) is 4.78. The maximum absolute atomic E-state index is 14.7. The van der Waals surface area contributed by atoms with E-state index in [1.807, 2.05) is 6.07 Å². The summed E-state index contributed by atoms with van der Waals surface area (Å²) in [4.78, 5) is 4.66. The van der Waals surface area contributed by atoms with E-state index in [0.29, 0.717) is 0 Å². The summed E-state index contributed by atoms with van der Waals surface area (Å²) in [6, 6.07) is 7.76. The number of rotatable bonds is 4. The molecular weight excluding hydrogens is 273 g/mol. The molecule has 1 heterocycles. The predicted molar refractivity (Wildman–Crippen MR) is 93.0 cm³/mol. The Kier molecular flexibility index (Phi) is 4.60. The highest BCUT2D eigenvalue weighted by molar-refractivity contribution is 5.80. The quantitative estimate of drug-likeness (QED) is 0.661. The lowest BCUT2D eigenvalue weighted by Crippen LogP contribution is -2.22. The van der Waals surface area contributed by atoms with Gasteiger partial charge in [-0.3, -0.25) is 4.98 Å². The van der Waals surface area contributed by atoms with E-state index < -0.39 is 0 Å². The second-order valence-electron chi connectivity index (χ2n) is 7.64. The van der Waals surface area contributed by atoms with Gasteiger partial charge in [-0.1, -0.05) is 54.0 Å². The molecule has 0 fully saturated rings. The van der Waals surface area contributed by atoms with Crippen LogP contribution in [0.1, 0.15) is 72.1 Å². The molecule has 0 bridgehead atoms. The van der Waals surface area contributed by atoms with Crippen molar-refractivity contribution >= 4 is 10.9 Å². The highest BCUT2D eigenvalue weighted by Gasteiger charge is 2.27. The number of benzene rings is 1. The van der Waals surface area contributed by atoms with Gasteiger partial charge in [-0.15, -0.1) is 0 Å². The zero-order valence-corrected chi connectivity index (χ0v) is 14.8. The number of hydrogen-bond donors (Lipinski definition) is 0. The number of pyridine rings is 1. The van der Waals surface area contributed by atoms with E-state index in [1.54, 1.807) is 6.07 Å². The molecule has 2 rings (SSSR count). The molecule has 0 radical (unpaired) electrons. The lowest BCUT2D eigenvalue weighted by molar-refractivity contribution is 0.395. The van der Waals surface area contributed by atoms with Gasteiger partial charge in [0.15, 0.2) is 0 Å². The van der Waals surface area contributed by atoms with Gasteiger partial charge in [0, 0.05) is 22.6 Å². The van der Waals surface area contributed by atoms with Crippen molar-refractivity contribution in [3.05, 3.63) is 41.3 Å². The van der Waals surface area contributed by atoms with Crippen LogP contribution in [-0.2, 0) is 10.8 Å². The lowest BCUT2D eigenvalue weighted by Gasteiger charge is -2.29. The predicted octanol–water partition coefficient (Wildman–Crippen LogP) is 6.14. The summed E-state index contributed by atoms with van der Waals surface area (Å²) in [7, 11) is 0. The van der Waals surface area contributed by atoms with Gasteiger partial charge < -0.3 is 0 Å². The summed E-state index contributed by atoms with van der Waals surface area (Å²) < 4.78 is 14.7. The van der Waals surface area contributed by atoms with Gasteiger partial charge in [0.1, 0.15) is 5.82 Å². The first-order valence-corrected chi connectivity index (χ1v) is 8.32. The molecule has 0 aliphatic heterocycles. The van der Waals surface area contributed by atoms with Gasteiger partial charge in [-0.05, 0) is 36.0 Å². The molecular formula is C20H28FN. The Bertz CT molecular complexity index is 669. The van der Waals surface area contributed by atoms with Crippen LogP contribution in [-0.4, -0.2) is 4.98 Å². The summed E-state index contributed by atoms with van der Waals surface area (Å²) in [5.41, 5.74) is 2.45. The molecule has 1 aromatic carbocycles. The van der Waals surface area contributed by atoms with E-state index in [2.05, 4.69) is 58.7 Å². The van der Waals surface area contributed by atoms with Crippen molar-refractivity contribution in [2.24, 2.45) is 0 Å². The Labute approximate surface area is 134 Å². The van der Waals surface area contributed by atoms with Crippen LogP contribution in [0.15, 0.2) is 24.3 Å². The molecule has 0 aliphatic rings. The summed E-state index contributed by atoms with van der Waals surface area (Å²) >= 11 is 0. The Morgan fingerprint density at radius 1 is 1.05 bits per heavy atom. The van der Waals surface area contributed by atoms with Crippen molar-refractivity contribution < 1.29 is 4.39 Å².